The molecule has 1 aliphatic rings. The number of methoxy groups -OCH3 is 1. The van der Waals surface area contributed by atoms with Crippen LogP contribution in [-0.2, 0) is 6.42 Å². The van der Waals surface area contributed by atoms with Crippen LogP contribution in [0.15, 0.2) is 35.9 Å². The van der Waals surface area contributed by atoms with Gasteiger partial charge in [-0.1, -0.05) is 30.2 Å². The molecule has 0 aliphatic heterocycles. The molecule has 0 fully saturated rings. The number of hydrogen-bond donors (Lipinski definition) is 2. The molecular formula is C16H24N2O. The molecule has 0 amide bonds. The van der Waals surface area contributed by atoms with Crippen LogP contribution in [0.1, 0.15) is 37.7 Å². The van der Waals surface area contributed by atoms with Gasteiger partial charge in [0.05, 0.1) is 7.11 Å². The zero-order chi connectivity index (χ0) is 13.5. The van der Waals surface area contributed by atoms with E-state index in [1.165, 1.54) is 43.2 Å². The van der Waals surface area contributed by atoms with E-state index in [4.69, 9.17) is 10.6 Å². The van der Waals surface area contributed by atoms with Crippen molar-refractivity contribution in [1.82, 2.24) is 5.43 Å². The highest BCUT2D eigenvalue weighted by Gasteiger charge is 2.14. The van der Waals surface area contributed by atoms with Crippen LogP contribution in [0.3, 0.4) is 0 Å². The molecule has 0 saturated carbocycles. The van der Waals surface area contributed by atoms with Gasteiger partial charge >= 0.3 is 0 Å². The fraction of sp³-hybridized carbons (Fsp3) is 0.500. The second-order valence-corrected chi connectivity index (χ2v) is 5.15. The summed E-state index contributed by atoms with van der Waals surface area (Å²) in [5.41, 5.74) is 5.73. The molecule has 1 aliphatic carbocycles. The Hall–Kier alpha value is -1.32. The van der Waals surface area contributed by atoms with E-state index in [1.807, 2.05) is 12.1 Å². The summed E-state index contributed by atoms with van der Waals surface area (Å²) in [6, 6.07) is 8.49. The standard InChI is InChI=1S/C16H24N2O/c1-19-15-10-8-13(9-11-15)12-16(18-17)14-6-4-2-3-5-7-14/h6,8-11,16,18H,2-5,7,12,17H2,1H3. The minimum atomic E-state index is 0.256. The number of ether oxygens (including phenoxy) is 1. The van der Waals surface area contributed by atoms with Crippen LogP contribution in [-0.4, -0.2) is 13.2 Å². The van der Waals surface area contributed by atoms with Crippen LogP contribution in [0, 0.1) is 0 Å². The van der Waals surface area contributed by atoms with E-state index in [1.54, 1.807) is 7.11 Å². The van der Waals surface area contributed by atoms with Crippen LogP contribution in [0.5, 0.6) is 5.75 Å². The quantitative estimate of drug-likeness (QED) is 0.486. The van der Waals surface area contributed by atoms with Gasteiger partial charge in [0.15, 0.2) is 0 Å². The van der Waals surface area contributed by atoms with Crippen molar-refractivity contribution >= 4 is 0 Å². The number of hydrazine groups is 1. The lowest BCUT2D eigenvalue weighted by atomic mass is 9.96. The number of benzene rings is 1. The number of hydrogen-bond acceptors (Lipinski definition) is 3. The highest BCUT2D eigenvalue weighted by Crippen LogP contribution is 2.22. The third-order valence-electron chi connectivity index (χ3n) is 3.82. The molecule has 0 aromatic heterocycles. The Morgan fingerprint density at radius 2 is 2.00 bits per heavy atom. The van der Waals surface area contributed by atoms with Gasteiger partial charge in [-0.15, -0.1) is 0 Å². The van der Waals surface area contributed by atoms with Gasteiger partial charge in [0, 0.05) is 6.04 Å². The topological polar surface area (TPSA) is 47.3 Å². The molecule has 104 valence electrons. The van der Waals surface area contributed by atoms with E-state index in [-0.39, 0.29) is 6.04 Å². The van der Waals surface area contributed by atoms with Crippen molar-refractivity contribution in [2.45, 2.75) is 44.6 Å². The molecule has 3 nitrogen and oxygen atoms in total. The largest absolute Gasteiger partial charge is 0.497 e. The Labute approximate surface area is 115 Å². The highest BCUT2D eigenvalue weighted by atomic mass is 16.5. The van der Waals surface area contributed by atoms with Gasteiger partial charge in [-0.25, -0.2) is 0 Å². The van der Waals surface area contributed by atoms with Crippen molar-refractivity contribution in [3.05, 3.63) is 41.5 Å². The molecule has 3 N–H and O–H groups in total. The molecule has 19 heavy (non-hydrogen) atoms. The van der Waals surface area contributed by atoms with Gasteiger partial charge in [0.25, 0.3) is 0 Å². The van der Waals surface area contributed by atoms with Crippen molar-refractivity contribution in [1.29, 1.82) is 0 Å². The zero-order valence-corrected chi connectivity index (χ0v) is 11.7. The van der Waals surface area contributed by atoms with Crippen LogP contribution in [0.2, 0.25) is 0 Å². The van der Waals surface area contributed by atoms with E-state index >= 15 is 0 Å². The molecule has 1 aromatic carbocycles. The lowest BCUT2D eigenvalue weighted by Gasteiger charge is -2.19. The van der Waals surface area contributed by atoms with Crippen molar-refractivity contribution in [3.8, 4) is 5.75 Å². The van der Waals surface area contributed by atoms with E-state index in [2.05, 4.69) is 23.6 Å². The van der Waals surface area contributed by atoms with Gasteiger partial charge in [0.2, 0.25) is 0 Å². The smallest absolute Gasteiger partial charge is 0.118 e. The number of nitrogens with two attached hydrogens (primary N) is 1. The van der Waals surface area contributed by atoms with Crippen LogP contribution in [0.25, 0.3) is 0 Å². The van der Waals surface area contributed by atoms with E-state index in [9.17, 15) is 0 Å². The summed E-state index contributed by atoms with van der Waals surface area (Å²) in [7, 11) is 1.69. The van der Waals surface area contributed by atoms with Gasteiger partial charge < -0.3 is 4.74 Å². The molecule has 1 atom stereocenters. The predicted molar refractivity (Wildman–Crippen MR) is 79.0 cm³/mol. The summed E-state index contributed by atoms with van der Waals surface area (Å²) >= 11 is 0. The minimum absolute atomic E-state index is 0.256. The first-order chi connectivity index (χ1) is 9.33. The molecular weight excluding hydrogens is 236 g/mol. The van der Waals surface area contributed by atoms with Gasteiger partial charge in [-0.05, 0) is 49.8 Å². The molecule has 0 radical (unpaired) electrons. The first-order valence-corrected chi connectivity index (χ1v) is 7.11. The molecule has 0 bridgehead atoms. The number of allylic oxidation sites excluding steroid dienone is 1. The summed E-state index contributed by atoms with van der Waals surface area (Å²) in [5.74, 6) is 6.64. The molecule has 1 unspecified atom stereocenters. The minimum Gasteiger partial charge on any atom is -0.497 e. The highest BCUT2D eigenvalue weighted by molar-refractivity contribution is 5.29. The third kappa shape index (κ3) is 4.08. The van der Waals surface area contributed by atoms with Crippen LogP contribution < -0.4 is 16.0 Å². The summed E-state index contributed by atoms with van der Waals surface area (Å²) in [5, 5.41) is 0. The Morgan fingerprint density at radius 1 is 1.21 bits per heavy atom. The van der Waals surface area contributed by atoms with E-state index in [0.717, 1.165) is 12.2 Å². The SMILES string of the molecule is COc1ccc(CC(NN)C2=CCCCCC2)cc1. The maximum absolute atomic E-state index is 5.74. The predicted octanol–water partition coefficient (Wildman–Crippen LogP) is 2.96. The van der Waals surface area contributed by atoms with E-state index < -0.39 is 0 Å². The lowest BCUT2D eigenvalue weighted by molar-refractivity contribution is 0.414. The monoisotopic (exact) mass is 260 g/mol. The van der Waals surface area contributed by atoms with Crippen molar-refractivity contribution < 1.29 is 4.74 Å². The average Bonchev–Trinajstić information content (AvgIpc) is 2.74. The average molecular weight is 260 g/mol. The molecule has 3 heteroatoms. The Balaban J connectivity index is 2.02. The number of nitrogens with one attached hydrogen (secondary N) is 1. The molecule has 0 heterocycles. The van der Waals surface area contributed by atoms with Crippen molar-refractivity contribution in [2.75, 3.05) is 7.11 Å². The molecule has 0 saturated heterocycles. The van der Waals surface area contributed by atoms with Crippen molar-refractivity contribution in [3.63, 3.8) is 0 Å². The molecule has 0 spiro atoms. The maximum atomic E-state index is 5.74. The summed E-state index contributed by atoms with van der Waals surface area (Å²) in [6.07, 6.45) is 9.60. The first kappa shape index (κ1) is 14.1. The van der Waals surface area contributed by atoms with Crippen LogP contribution >= 0.6 is 0 Å². The maximum Gasteiger partial charge on any atom is 0.118 e. The van der Waals surface area contributed by atoms with E-state index in [0.29, 0.717) is 0 Å². The lowest BCUT2D eigenvalue weighted by Crippen LogP contribution is -2.38. The number of rotatable bonds is 5. The second-order valence-electron chi connectivity index (χ2n) is 5.15. The third-order valence-corrected chi connectivity index (χ3v) is 3.82. The van der Waals surface area contributed by atoms with Crippen molar-refractivity contribution in [2.24, 2.45) is 5.84 Å². The summed E-state index contributed by atoms with van der Waals surface area (Å²) in [6.45, 7) is 0. The summed E-state index contributed by atoms with van der Waals surface area (Å²) < 4.78 is 5.18. The Morgan fingerprint density at radius 3 is 2.68 bits per heavy atom. The normalized spacial score (nSPS) is 17.5. The van der Waals surface area contributed by atoms with Gasteiger partial charge in [-0.2, -0.15) is 0 Å². The zero-order valence-electron chi connectivity index (χ0n) is 11.7. The fourth-order valence-corrected chi connectivity index (χ4v) is 2.65. The van der Waals surface area contributed by atoms with Crippen LogP contribution in [0.4, 0.5) is 0 Å². The molecule has 2 rings (SSSR count). The molecule has 1 aromatic rings. The Bertz CT molecular complexity index is 411. The van der Waals surface area contributed by atoms with Gasteiger partial charge in [0.1, 0.15) is 5.75 Å². The second kappa shape index (κ2) is 7.31. The first-order valence-electron chi connectivity index (χ1n) is 7.11. The summed E-state index contributed by atoms with van der Waals surface area (Å²) in [4.78, 5) is 0. The van der Waals surface area contributed by atoms with Gasteiger partial charge in [-0.3, -0.25) is 11.3 Å². The Kier molecular flexibility index (Phi) is 5.43. The fourth-order valence-electron chi connectivity index (χ4n) is 2.65.